The van der Waals surface area contributed by atoms with Crippen LogP contribution in [0.1, 0.15) is 31.9 Å². The summed E-state index contributed by atoms with van der Waals surface area (Å²) in [7, 11) is 1.11. The first-order valence-electron chi connectivity index (χ1n) is 11.0. The third-order valence-electron chi connectivity index (χ3n) is 5.21. The number of hydrogen-bond donors (Lipinski definition) is 0. The Kier molecular flexibility index (Phi) is 7.92. The van der Waals surface area contributed by atoms with Gasteiger partial charge in [-0.15, -0.1) is 13.2 Å². The van der Waals surface area contributed by atoms with E-state index in [9.17, 15) is 22.8 Å². The number of rotatable bonds is 6. The van der Waals surface area contributed by atoms with Gasteiger partial charge < -0.3 is 14.2 Å². The molecular formula is C27H26F3NO5. The second-order valence-corrected chi connectivity index (χ2v) is 8.92. The number of para-hydroxylation sites is 2. The molecule has 190 valence electrons. The molecule has 36 heavy (non-hydrogen) atoms. The summed E-state index contributed by atoms with van der Waals surface area (Å²) < 4.78 is 51.7. The zero-order valence-corrected chi connectivity index (χ0v) is 20.3. The number of nitrogens with zero attached hydrogens (tertiary/aromatic N) is 1. The number of carbonyl (C=O) groups excluding carboxylic acids is 2. The number of benzene rings is 3. The molecule has 0 aliphatic rings. The lowest BCUT2D eigenvalue weighted by atomic mass is 9.87. The second-order valence-electron chi connectivity index (χ2n) is 8.92. The highest BCUT2D eigenvalue weighted by atomic mass is 19.4. The molecule has 0 heterocycles. The molecule has 9 heteroatoms. The zero-order valence-electron chi connectivity index (χ0n) is 20.3. The second kappa shape index (κ2) is 10.7. The van der Waals surface area contributed by atoms with Crippen molar-refractivity contribution in [2.24, 2.45) is 0 Å². The molecule has 0 unspecified atom stereocenters. The van der Waals surface area contributed by atoms with Crippen LogP contribution in [0, 0.1) is 0 Å². The minimum atomic E-state index is -4.81. The van der Waals surface area contributed by atoms with Crippen molar-refractivity contribution in [1.29, 1.82) is 0 Å². The summed E-state index contributed by atoms with van der Waals surface area (Å²) in [5.41, 5.74) is 2.10. The molecule has 0 N–H and O–H groups in total. The number of methoxy groups -OCH3 is 1. The van der Waals surface area contributed by atoms with Gasteiger partial charge in [0, 0.05) is 0 Å². The molecule has 0 saturated carbocycles. The fourth-order valence-electron chi connectivity index (χ4n) is 3.36. The number of alkyl halides is 3. The van der Waals surface area contributed by atoms with E-state index >= 15 is 0 Å². The Bertz CT molecular complexity index is 1200. The van der Waals surface area contributed by atoms with Crippen LogP contribution in [-0.4, -0.2) is 25.3 Å². The SMILES string of the molecule is COC(=O)C(=O)N(Cc1ccc(C(C)(C)C)cc1)c1ccccc1Oc1ccc(OC(F)(F)F)cc1. The van der Waals surface area contributed by atoms with Crippen molar-refractivity contribution >= 4 is 17.6 Å². The van der Waals surface area contributed by atoms with Crippen molar-refractivity contribution in [3.63, 3.8) is 0 Å². The fourth-order valence-corrected chi connectivity index (χ4v) is 3.36. The molecule has 0 fully saturated rings. The van der Waals surface area contributed by atoms with Crippen molar-refractivity contribution in [3.05, 3.63) is 83.9 Å². The summed E-state index contributed by atoms with van der Waals surface area (Å²) in [5, 5.41) is 0. The lowest BCUT2D eigenvalue weighted by Gasteiger charge is -2.25. The summed E-state index contributed by atoms with van der Waals surface area (Å²) in [5.74, 6) is -1.93. The molecule has 0 spiro atoms. The predicted octanol–water partition coefficient (Wildman–Crippen LogP) is 6.38. The molecule has 0 saturated heterocycles. The Morgan fingerprint density at radius 3 is 1.97 bits per heavy atom. The van der Waals surface area contributed by atoms with Gasteiger partial charge >= 0.3 is 18.2 Å². The molecule has 0 bridgehead atoms. The van der Waals surface area contributed by atoms with Crippen LogP contribution < -0.4 is 14.4 Å². The molecule has 3 aromatic carbocycles. The van der Waals surface area contributed by atoms with E-state index in [1.54, 1.807) is 24.3 Å². The number of amides is 1. The van der Waals surface area contributed by atoms with E-state index in [0.29, 0.717) is 0 Å². The average molecular weight is 502 g/mol. The quantitative estimate of drug-likeness (QED) is 0.290. The number of halogens is 3. The first-order chi connectivity index (χ1) is 16.9. The number of anilines is 1. The molecule has 3 aromatic rings. The number of ether oxygens (including phenoxy) is 3. The van der Waals surface area contributed by atoms with Crippen LogP contribution in [0.3, 0.4) is 0 Å². The van der Waals surface area contributed by atoms with Crippen LogP contribution in [0.2, 0.25) is 0 Å². The highest BCUT2D eigenvalue weighted by Gasteiger charge is 2.31. The monoisotopic (exact) mass is 501 g/mol. The molecule has 6 nitrogen and oxygen atoms in total. The Hall–Kier alpha value is -4.01. The van der Waals surface area contributed by atoms with Gasteiger partial charge in [0.1, 0.15) is 11.5 Å². The summed E-state index contributed by atoms with van der Waals surface area (Å²) in [6.45, 7) is 6.32. The van der Waals surface area contributed by atoms with Crippen LogP contribution in [0.15, 0.2) is 72.8 Å². The molecule has 0 atom stereocenters. The van der Waals surface area contributed by atoms with Gasteiger partial charge in [-0.3, -0.25) is 9.69 Å². The van der Waals surface area contributed by atoms with Crippen LogP contribution in [0.25, 0.3) is 0 Å². The highest BCUT2D eigenvalue weighted by molar-refractivity contribution is 6.38. The molecular weight excluding hydrogens is 475 g/mol. The number of hydrogen-bond acceptors (Lipinski definition) is 5. The van der Waals surface area contributed by atoms with Gasteiger partial charge in [0.05, 0.1) is 19.3 Å². The van der Waals surface area contributed by atoms with Crippen LogP contribution in [0.5, 0.6) is 17.2 Å². The van der Waals surface area contributed by atoms with Gasteiger partial charge in [-0.05, 0) is 52.9 Å². The molecule has 1 amide bonds. The smallest absolute Gasteiger partial charge is 0.462 e. The van der Waals surface area contributed by atoms with Crippen LogP contribution in [0.4, 0.5) is 18.9 Å². The van der Waals surface area contributed by atoms with E-state index in [-0.39, 0.29) is 29.1 Å². The predicted molar refractivity (Wildman–Crippen MR) is 128 cm³/mol. The van der Waals surface area contributed by atoms with E-state index in [1.165, 1.54) is 17.0 Å². The maximum Gasteiger partial charge on any atom is 0.573 e. The van der Waals surface area contributed by atoms with Gasteiger partial charge in [0.15, 0.2) is 5.75 Å². The molecule has 0 aromatic heterocycles. The summed E-state index contributed by atoms with van der Waals surface area (Å²) in [6.07, 6.45) is -4.81. The lowest BCUT2D eigenvalue weighted by Crippen LogP contribution is -2.37. The standard InChI is InChI=1S/C27H26F3NO5/c1-26(2,3)19-11-9-18(10-12-19)17-31(24(32)25(33)34-4)22-7-5-6-8-23(22)35-20-13-15-21(16-14-20)36-27(28,29)30/h5-16H,17H2,1-4H3. The summed E-state index contributed by atoms with van der Waals surface area (Å²) >= 11 is 0. The maximum absolute atomic E-state index is 13.0. The van der Waals surface area contributed by atoms with Gasteiger partial charge in [-0.2, -0.15) is 0 Å². The Balaban J connectivity index is 1.92. The number of esters is 1. The maximum atomic E-state index is 13.0. The fraction of sp³-hybridized carbons (Fsp3) is 0.259. The molecule has 0 aliphatic heterocycles. The van der Waals surface area contributed by atoms with Crippen molar-refractivity contribution in [2.75, 3.05) is 12.0 Å². The normalized spacial score (nSPS) is 11.5. The lowest BCUT2D eigenvalue weighted by molar-refractivity contribution is -0.274. The molecule has 0 aliphatic carbocycles. The topological polar surface area (TPSA) is 65.1 Å². The van der Waals surface area contributed by atoms with Crippen molar-refractivity contribution in [3.8, 4) is 17.2 Å². The Morgan fingerprint density at radius 2 is 1.42 bits per heavy atom. The Morgan fingerprint density at radius 1 is 0.833 bits per heavy atom. The van der Waals surface area contributed by atoms with Gasteiger partial charge in [-0.1, -0.05) is 57.2 Å². The number of carbonyl (C=O) groups is 2. The zero-order chi connectivity index (χ0) is 26.5. The summed E-state index contributed by atoms with van der Waals surface area (Å²) in [6, 6.07) is 19.0. The first kappa shape index (κ1) is 26.6. The third kappa shape index (κ3) is 7.00. The Labute approximate surface area is 207 Å². The average Bonchev–Trinajstić information content (AvgIpc) is 2.82. The van der Waals surface area contributed by atoms with E-state index in [1.807, 2.05) is 24.3 Å². The third-order valence-corrected chi connectivity index (χ3v) is 5.21. The van der Waals surface area contributed by atoms with Gasteiger partial charge in [0.25, 0.3) is 0 Å². The van der Waals surface area contributed by atoms with Crippen molar-refractivity contribution in [1.82, 2.24) is 0 Å². The van der Waals surface area contributed by atoms with Crippen molar-refractivity contribution < 1.29 is 37.0 Å². The van der Waals surface area contributed by atoms with E-state index in [2.05, 4.69) is 30.2 Å². The van der Waals surface area contributed by atoms with Crippen LogP contribution >= 0.6 is 0 Å². The molecule has 0 radical (unpaired) electrons. The minimum absolute atomic E-state index is 0.0527. The summed E-state index contributed by atoms with van der Waals surface area (Å²) in [4.78, 5) is 26.4. The largest absolute Gasteiger partial charge is 0.573 e. The minimum Gasteiger partial charge on any atom is -0.462 e. The van der Waals surface area contributed by atoms with Gasteiger partial charge in [-0.25, -0.2) is 4.79 Å². The van der Waals surface area contributed by atoms with E-state index < -0.39 is 24.0 Å². The highest BCUT2D eigenvalue weighted by Crippen LogP contribution is 2.35. The first-order valence-corrected chi connectivity index (χ1v) is 11.0. The molecule has 3 rings (SSSR count). The van der Waals surface area contributed by atoms with E-state index in [4.69, 9.17) is 4.74 Å². The van der Waals surface area contributed by atoms with Gasteiger partial charge in [0.2, 0.25) is 0 Å². The van der Waals surface area contributed by atoms with E-state index in [0.717, 1.165) is 30.4 Å². The van der Waals surface area contributed by atoms with Crippen LogP contribution in [-0.2, 0) is 26.3 Å². The van der Waals surface area contributed by atoms with Crippen molar-refractivity contribution in [2.45, 2.75) is 39.1 Å².